The van der Waals surface area contributed by atoms with Gasteiger partial charge in [-0.3, -0.25) is 4.79 Å². The maximum Gasteiger partial charge on any atom is 0.340 e. The Kier molecular flexibility index (Phi) is 8.10. The van der Waals surface area contributed by atoms with Crippen molar-refractivity contribution < 1.29 is 22.7 Å². The smallest absolute Gasteiger partial charge is 0.340 e. The predicted octanol–water partition coefficient (Wildman–Crippen LogP) is 4.03. The van der Waals surface area contributed by atoms with E-state index in [4.69, 9.17) is 33.1 Å². The molecule has 3 aromatic carbocycles. The molecule has 172 valence electrons. The van der Waals surface area contributed by atoms with E-state index in [1.165, 1.54) is 0 Å². The second-order valence-corrected chi connectivity index (χ2v) is 9.45. The van der Waals surface area contributed by atoms with E-state index in [-0.39, 0.29) is 15.6 Å². The van der Waals surface area contributed by atoms with Crippen molar-refractivity contribution in [3.05, 3.63) is 99.5 Å². The van der Waals surface area contributed by atoms with E-state index >= 15 is 0 Å². The minimum atomic E-state index is -4.19. The summed E-state index contributed by atoms with van der Waals surface area (Å²) >= 11 is 11.9. The first-order valence-electron chi connectivity index (χ1n) is 9.69. The molecule has 3 rings (SSSR count). The summed E-state index contributed by atoms with van der Waals surface area (Å²) in [6.45, 7) is 0.0505. The molecule has 10 heteroatoms. The third kappa shape index (κ3) is 6.79. The van der Waals surface area contributed by atoms with Gasteiger partial charge in [0.2, 0.25) is 10.0 Å². The molecule has 0 aromatic heterocycles. The Bertz CT molecular complexity index is 1210. The maximum absolute atomic E-state index is 12.9. The SMILES string of the molecule is NS(=O)(=O)c1cc(C(=O)OCC(=O)N(Cc2ccccc2)Cc2ccccc2)c(Cl)cc1Cl. The Morgan fingerprint density at radius 3 is 1.85 bits per heavy atom. The molecule has 0 aliphatic rings. The van der Waals surface area contributed by atoms with Gasteiger partial charge in [-0.2, -0.15) is 0 Å². The highest BCUT2D eigenvalue weighted by Crippen LogP contribution is 2.28. The molecule has 0 atom stereocenters. The molecule has 0 saturated heterocycles. The average molecular weight is 507 g/mol. The van der Waals surface area contributed by atoms with Gasteiger partial charge in [-0.1, -0.05) is 83.9 Å². The summed E-state index contributed by atoms with van der Waals surface area (Å²) < 4.78 is 28.5. The second kappa shape index (κ2) is 10.8. The van der Waals surface area contributed by atoms with Crippen LogP contribution in [0.15, 0.2) is 77.7 Å². The van der Waals surface area contributed by atoms with Gasteiger partial charge in [-0.25, -0.2) is 18.4 Å². The minimum absolute atomic E-state index is 0.129. The van der Waals surface area contributed by atoms with Gasteiger partial charge in [0, 0.05) is 13.1 Å². The molecule has 0 bridgehead atoms. The molecular formula is C23H20Cl2N2O5S. The van der Waals surface area contributed by atoms with Crippen molar-refractivity contribution in [3.63, 3.8) is 0 Å². The first-order valence-corrected chi connectivity index (χ1v) is 12.0. The normalized spacial score (nSPS) is 11.1. The fourth-order valence-electron chi connectivity index (χ4n) is 3.04. The molecular weight excluding hydrogens is 487 g/mol. The number of carbonyl (C=O) groups excluding carboxylic acids is 2. The van der Waals surface area contributed by atoms with Crippen LogP contribution in [0.1, 0.15) is 21.5 Å². The summed E-state index contributed by atoms with van der Waals surface area (Å²) in [4.78, 5) is 26.6. The number of nitrogens with zero attached hydrogens (tertiary/aromatic N) is 1. The Hall–Kier alpha value is -2.91. The largest absolute Gasteiger partial charge is 0.452 e. The number of carbonyl (C=O) groups is 2. The van der Waals surface area contributed by atoms with E-state index < -0.39 is 33.4 Å². The Morgan fingerprint density at radius 1 is 0.848 bits per heavy atom. The standard InChI is InChI=1S/C23H20Cl2N2O5S/c24-19-12-20(25)21(33(26,30)31)11-18(19)23(29)32-15-22(28)27(13-16-7-3-1-4-8-16)14-17-9-5-2-6-10-17/h1-12H,13-15H2,(H2,26,30,31). The number of amides is 1. The number of halogens is 2. The van der Waals surface area contributed by atoms with Crippen LogP contribution in [0.3, 0.4) is 0 Å². The maximum atomic E-state index is 12.9. The van der Waals surface area contributed by atoms with E-state index in [0.29, 0.717) is 13.1 Å². The zero-order valence-electron chi connectivity index (χ0n) is 17.3. The average Bonchev–Trinajstić information content (AvgIpc) is 2.77. The van der Waals surface area contributed by atoms with Crippen molar-refractivity contribution in [2.75, 3.05) is 6.61 Å². The van der Waals surface area contributed by atoms with Crippen LogP contribution in [-0.2, 0) is 32.6 Å². The van der Waals surface area contributed by atoms with Crippen LogP contribution in [0.2, 0.25) is 10.0 Å². The molecule has 2 N–H and O–H groups in total. The predicted molar refractivity (Wildman–Crippen MR) is 125 cm³/mol. The molecule has 1 amide bonds. The van der Waals surface area contributed by atoms with E-state index in [1.54, 1.807) is 4.90 Å². The van der Waals surface area contributed by atoms with Gasteiger partial charge in [-0.15, -0.1) is 0 Å². The molecule has 0 unspecified atom stereocenters. The van der Waals surface area contributed by atoms with Gasteiger partial charge in [-0.05, 0) is 23.3 Å². The number of ether oxygens (including phenoxy) is 1. The van der Waals surface area contributed by atoms with Crippen molar-refractivity contribution in [2.24, 2.45) is 5.14 Å². The first kappa shape index (κ1) is 24.7. The number of sulfonamides is 1. The van der Waals surface area contributed by atoms with E-state index in [2.05, 4.69) is 0 Å². The zero-order chi connectivity index (χ0) is 24.0. The van der Waals surface area contributed by atoms with Crippen LogP contribution in [0.5, 0.6) is 0 Å². The molecule has 0 radical (unpaired) electrons. The van der Waals surface area contributed by atoms with E-state index in [1.807, 2.05) is 60.7 Å². The summed E-state index contributed by atoms with van der Waals surface area (Å²) in [7, 11) is -4.19. The van der Waals surface area contributed by atoms with Crippen molar-refractivity contribution in [1.82, 2.24) is 4.90 Å². The number of hydrogen-bond donors (Lipinski definition) is 1. The van der Waals surface area contributed by atoms with Gasteiger partial charge in [0.05, 0.1) is 15.6 Å². The third-order valence-electron chi connectivity index (χ3n) is 4.66. The topological polar surface area (TPSA) is 107 Å². The summed E-state index contributed by atoms with van der Waals surface area (Å²) in [5.74, 6) is -1.41. The lowest BCUT2D eigenvalue weighted by Crippen LogP contribution is -2.34. The van der Waals surface area contributed by atoms with Crippen LogP contribution in [-0.4, -0.2) is 31.8 Å². The Labute approximate surface area is 201 Å². The van der Waals surface area contributed by atoms with Crippen LogP contribution in [0.25, 0.3) is 0 Å². The van der Waals surface area contributed by atoms with Gasteiger partial charge in [0.15, 0.2) is 6.61 Å². The van der Waals surface area contributed by atoms with Gasteiger partial charge < -0.3 is 9.64 Å². The Balaban J connectivity index is 1.76. The van der Waals surface area contributed by atoms with Crippen molar-refractivity contribution in [2.45, 2.75) is 18.0 Å². The second-order valence-electron chi connectivity index (χ2n) is 7.10. The third-order valence-corrected chi connectivity index (χ3v) is 6.35. The summed E-state index contributed by atoms with van der Waals surface area (Å²) in [5.41, 5.74) is 1.55. The minimum Gasteiger partial charge on any atom is -0.452 e. The number of rotatable bonds is 8. The van der Waals surface area contributed by atoms with Gasteiger partial charge >= 0.3 is 5.97 Å². The molecule has 7 nitrogen and oxygen atoms in total. The molecule has 0 heterocycles. The Morgan fingerprint density at radius 2 is 1.36 bits per heavy atom. The highest BCUT2D eigenvalue weighted by Gasteiger charge is 2.23. The number of hydrogen-bond acceptors (Lipinski definition) is 5. The highest BCUT2D eigenvalue weighted by atomic mass is 35.5. The lowest BCUT2D eigenvalue weighted by Gasteiger charge is -2.23. The van der Waals surface area contributed by atoms with Gasteiger partial charge in [0.25, 0.3) is 5.91 Å². The van der Waals surface area contributed by atoms with Crippen molar-refractivity contribution in [3.8, 4) is 0 Å². The molecule has 33 heavy (non-hydrogen) atoms. The summed E-state index contributed by atoms with van der Waals surface area (Å²) in [5, 5.41) is 4.76. The number of esters is 1. The number of nitrogens with two attached hydrogens (primary N) is 1. The molecule has 0 aliphatic heterocycles. The molecule has 0 aliphatic carbocycles. The zero-order valence-corrected chi connectivity index (χ0v) is 19.6. The van der Waals surface area contributed by atoms with Crippen molar-refractivity contribution >= 4 is 45.1 Å². The fourth-order valence-corrected chi connectivity index (χ4v) is 4.44. The molecule has 0 spiro atoms. The summed E-state index contributed by atoms with van der Waals surface area (Å²) in [6, 6.07) is 20.8. The van der Waals surface area contributed by atoms with E-state index in [0.717, 1.165) is 23.3 Å². The first-order chi connectivity index (χ1) is 15.6. The monoisotopic (exact) mass is 506 g/mol. The van der Waals surface area contributed by atoms with Crippen LogP contribution < -0.4 is 5.14 Å². The molecule has 0 saturated carbocycles. The van der Waals surface area contributed by atoms with Gasteiger partial charge in [0.1, 0.15) is 4.90 Å². The lowest BCUT2D eigenvalue weighted by atomic mass is 10.1. The lowest BCUT2D eigenvalue weighted by molar-refractivity contribution is -0.135. The number of primary sulfonamides is 1. The van der Waals surface area contributed by atoms with Crippen LogP contribution in [0, 0.1) is 0 Å². The van der Waals surface area contributed by atoms with Crippen LogP contribution in [0.4, 0.5) is 0 Å². The molecule has 0 fully saturated rings. The quantitative estimate of drug-likeness (QED) is 0.464. The summed E-state index contributed by atoms with van der Waals surface area (Å²) in [6.07, 6.45) is 0. The van der Waals surface area contributed by atoms with E-state index in [9.17, 15) is 18.0 Å². The van der Waals surface area contributed by atoms with Crippen molar-refractivity contribution in [1.29, 1.82) is 0 Å². The molecule has 3 aromatic rings. The fraction of sp³-hybridized carbons (Fsp3) is 0.130. The highest BCUT2D eigenvalue weighted by molar-refractivity contribution is 7.89. The van der Waals surface area contributed by atoms with Crippen LogP contribution >= 0.6 is 23.2 Å². The number of benzene rings is 3.